The number of aliphatic hydroxyl groups excluding tert-OH is 1. The van der Waals surface area contributed by atoms with Crippen LogP contribution in [0.25, 0.3) is 0 Å². The fourth-order valence-corrected chi connectivity index (χ4v) is 3.28. The van der Waals surface area contributed by atoms with E-state index in [2.05, 4.69) is 9.71 Å². The summed E-state index contributed by atoms with van der Waals surface area (Å²) < 4.78 is 39.4. The Hall–Kier alpha value is -1.05. The summed E-state index contributed by atoms with van der Waals surface area (Å²) in [6.45, 7) is 3.55. The number of pyridine rings is 1. The summed E-state index contributed by atoms with van der Waals surface area (Å²) in [5.41, 5.74) is -0.520. The van der Waals surface area contributed by atoms with Gasteiger partial charge in [0.1, 0.15) is 10.7 Å². The Balaban J connectivity index is 2.19. The summed E-state index contributed by atoms with van der Waals surface area (Å²) in [4.78, 5) is 3.30. The molecular weight excluding hydrogens is 259 g/mol. The fraction of sp³-hybridized carbons (Fsp3) is 0.545. The number of aliphatic hydroxyl groups is 1. The highest BCUT2D eigenvalue weighted by Crippen LogP contribution is 2.41. The zero-order valence-electron chi connectivity index (χ0n) is 10.1. The van der Waals surface area contributed by atoms with Crippen molar-refractivity contribution in [1.29, 1.82) is 0 Å². The van der Waals surface area contributed by atoms with Crippen LogP contribution >= 0.6 is 0 Å². The van der Waals surface area contributed by atoms with Gasteiger partial charge in [0.15, 0.2) is 0 Å². The van der Waals surface area contributed by atoms with Gasteiger partial charge in [-0.05, 0) is 12.5 Å². The molecule has 0 spiro atoms. The van der Waals surface area contributed by atoms with Gasteiger partial charge in [0.25, 0.3) is 0 Å². The number of rotatable bonds is 3. The molecule has 1 fully saturated rings. The number of nitrogens with zero attached hydrogens (tertiary/aromatic N) is 1. The zero-order valence-corrected chi connectivity index (χ0v) is 10.9. The molecule has 1 saturated carbocycles. The number of hydrogen-bond donors (Lipinski definition) is 2. The second-order valence-electron chi connectivity index (χ2n) is 5.09. The van der Waals surface area contributed by atoms with Crippen molar-refractivity contribution >= 4 is 10.0 Å². The van der Waals surface area contributed by atoms with Crippen LogP contribution in [-0.4, -0.2) is 30.7 Å². The third-order valence-corrected chi connectivity index (χ3v) is 4.94. The smallest absolute Gasteiger partial charge is 0.242 e. The highest BCUT2D eigenvalue weighted by molar-refractivity contribution is 7.89. The average molecular weight is 274 g/mol. The van der Waals surface area contributed by atoms with E-state index in [1.807, 2.05) is 0 Å². The van der Waals surface area contributed by atoms with E-state index >= 15 is 0 Å². The fourth-order valence-electron chi connectivity index (χ4n) is 1.90. The van der Waals surface area contributed by atoms with Gasteiger partial charge in [0, 0.05) is 17.7 Å². The molecule has 1 aliphatic carbocycles. The number of hydrogen-bond acceptors (Lipinski definition) is 4. The molecule has 0 saturated heterocycles. The molecule has 0 radical (unpaired) electrons. The topological polar surface area (TPSA) is 79.3 Å². The van der Waals surface area contributed by atoms with Crippen molar-refractivity contribution in [2.75, 3.05) is 0 Å². The monoisotopic (exact) mass is 274 g/mol. The van der Waals surface area contributed by atoms with Gasteiger partial charge < -0.3 is 5.11 Å². The van der Waals surface area contributed by atoms with E-state index in [1.165, 1.54) is 0 Å². The Morgan fingerprint density at radius 3 is 2.67 bits per heavy atom. The van der Waals surface area contributed by atoms with Crippen molar-refractivity contribution in [3.8, 4) is 0 Å². The molecule has 2 rings (SSSR count). The zero-order chi connectivity index (χ0) is 13.6. The van der Waals surface area contributed by atoms with E-state index < -0.39 is 27.4 Å². The molecule has 1 aromatic heterocycles. The van der Waals surface area contributed by atoms with Crippen molar-refractivity contribution < 1.29 is 17.9 Å². The second-order valence-corrected chi connectivity index (χ2v) is 6.80. The van der Waals surface area contributed by atoms with Gasteiger partial charge in [-0.15, -0.1) is 0 Å². The highest BCUT2D eigenvalue weighted by atomic mass is 32.2. The van der Waals surface area contributed by atoms with Crippen LogP contribution in [-0.2, 0) is 10.0 Å². The van der Waals surface area contributed by atoms with Crippen LogP contribution < -0.4 is 4.72 Å². The van der Waals surface area contributed by atoms with Gasteiger partial charge in [-0.2, -0.15) is 0 Å². The highest BCUT2D eigenvalue weighted by Gasteiger charge is 2.48. The molecule has 0 aromatic carbocycles. The summed E-state index contributed by atoms with van der Waals surface area (Å²) in [5, 5.41) is 9.55. The Kier molecular flexibility index (Phi) is 3.16. The predicted molar refractivity (Wildman–Crippen MR) is 62.7 cm³/mol. The third kappa shape index (κ3) is 2.25. The largest absolute Gasteiger partial charge is 0.392 e. The lowest BCUT2D eigenvalue weighted by molar-refractivity contribution is -0.0645. The summed E-state index contributed by atoms with van der Waals surface area (Å²) in [7, 11) is -3.80. The van der Waals surface area contributed by atoms with Crippen LogP contribution in [0.1, 0.15) is 20.3 Å². The van der Waals surface area contributed by atoms with E-state index in [0.717, 1.165) is 18.5 Å². The molecule has 18 heavy (non-hydrogen) atoms. The molecule has 0 bridgehead atoms. The minimum absolute atomic E-state index is 0.209. The van der Waals surface area contributed by atoms with E-state index in [1.54, 1.807) is 13.8 Å². The van der Waals surface area contributed by atoms with Gasteiger partial charge in [0.05, 0.1) is 12.3 Å². The third-order valence-electron chi connectivity index (χ3n) is 3.50. The molecule has 5 nitrogen and oxygen atoms in total. The van der Waals surface area contributed by atoms with Gasteiger partial charge >= 0.3 is 0 Å². The molecule has 1 aromatic rings. The standard InChI is InChI=1S/C11H15FN2O3S/c1-11(2)9(4-10(11)15)14-18(16,17)8-3-7(12)5-13-6-8/h3,5-6,9-10,14-15H,4H2,1-2H3. The Morgan fingerprint density at radius 2 is 2.17 bits per heavy atom. The summed E-state index contributed by atoms with van der Waals surface area (Å²) in [6.07, 6.45) is 1.86. The number of sulfonamides is 1. The maximum atomic E-state index is 13.0. The molecular formula is C11H15FN2O3S. The minimum atomic E-state index is -3.80. The van der Waals surface area contributed by atoms with Gasteiger partial charge in [0.2, 0.25) is 10.0 Å². The average Bonchev–Trinajstić information content (AvgIpc) is 2.28. The van der Waals surface area contributed by atoms with Crippen LogP contribution in [0.2, 0.25) is 0 Å². The van der Waals surface area contributed by atoms with Crippen molar-refractivity contribution in [1.82, 2.24) is 9.71 Å². The molecule has 0 amide bonds. The Morgan fingerprint density at radius 1 is 1.50 bits per heavy atom. The van der Waals surface area contributed by atoms with Crippen LogP contribution in [0.5, 0.6) is 0 Å². The van der Waals surface area contributed by atoms with Gasteiger partial charge in [-0.1, -0.05) is 13.8 Å². The van der Waals surface area contributed by atoms with Crippen molar-refractivity contribution in [3.63, 3.8) is 0 Å². The van der Waals surface area contributed by atoms with E-state index in [-0.39, 0.29) is 10.9 Å². The molecule has 7 heteroatoms. The maximum Gasteiger partial charge on any atom is 0.242 e. The molecule has 1 heterocycles. The van der Waals surface area contributed by atoms with Crippen LogP contribution in [0.4, 0.5) is 4.39 Å². The quantitative estimate of drug-likeness (QED) is 0.848. The summed E-state index contributed by atoms with van der Waals surface area (Å²) in [5.74, 6) is -0.703. The SMILES string of the molecule is CC1(C)C(O)CC1NS(=O)(=O)c1cncc(F)c1. The number of nitrogens with one attached hydrogen (secondary N) is 1. The van der Waals surface area contributed by atoms with Gasteiger partial charge in [-0.25, -0.2) is 17.5 Å². The normalized spacial score (nSPS) is 26.7. The van der Waals surface area contributed by atoms with Crippen molar-refractivity contribution in [2.45, 2.75) is 37.3 Å². The van der Waals surface area contributed by atoms with Crippen LogP contribution in [0, 0.1) is 11.2 Å². The Labute approximate surface area is 105 Å². The van der Waals surface area contributed by atoms with E-state index in [9.17, 15) is 17.9 Å². The Bertz CT molecular complexity index is 559. The lowest BCUT2D eigenvalue weighted by Gasteiger charge is -2.49. The van der Waals surface area contributed by atoms with Gasteiger partial charge in [-0.3, -0.25) is 4.98 Å². The molecule has 2 N–H and O–H groups in total. The lowest BCUT2D eigenvalue weighted by atomic mass is 9.65. The first-order valence-corrected chi connectivity index (χ1v) is 7.03. The first-order chi connectivity index (χ1) is 8.23. The molecule has 2 unspecified atom stereocenters. The molecule has 100 valence electrons. The van der Waals surface area contributed by atoms with Crippen molar-refractivity contribution in [2.24, 2.45) is 5.41 Å². The number of aromatic nitrogens is 1. The van der Waals surface area contributed by atoms with E-state index in [4.69, 9.17) is 0 Å². The molecule has 1 aliphatic rings. The lowest BCUT2D eigenvalue weighted by Crippen LogP contribution is -2.61. The van der Waals surface area contributed by atoms with E-state index in [0.29, 0.717) is 6.42 Å². The summed E-state index contributed by atoms with van der Waals surface area (Å²) >= 11 is 0. The predicted octanol–water partition coefficient (Wildman–Crippen LogP) is 0.658. The second kappa shape index (κ2) is 4.25. The maximum absolute atomic E-state index is 13.0. The van der Waals surface area contributed by atoms with Crippen LogP contribution in [0.15, 0.2) is 23.4 Å². The van der Waals surface area contributed by atoms with Crippen LogP contribution in [0.3, 0.4) is 0 Å². The molecule has 0 aliphatic heterocycles. The van der Waals surface area contributed by atoms with Crippen molar-refractivity contribution in [3.05, 3.63) is 24.3 Å². The molecule has 2 atom stereocenters. The number of halogens is 1. The summed E-state index contributed by atoms with van der Waals surface area (Å²) in [6, 6.07) is 0.554. The minimum Gasteiger partial charge on any atom is -0.392 e. The first kappa shape index (κ1) is 13.4. The first-order valence-electron chi connectivity index (χ1n) is 5.54.